The van der Waals surface area contributed by atoms with Crippen LogP contribution in [0.15, 0.2) is 28.7 Å². The fourth-order valence-electron chi connectivity index (χ4n) is 2.57. The van der Waals surface area contributed by atoms with Crippen molar-refractivity contribution in [2.75, 3.05) is 5.32 Å². The zero-order chi connectivity index (χ0) is 19.0. The van der Waals surface area contributed by atoms with E-state index in [1.165, 1.54) is 13.0 Å². The Morgan fingerprint density at radius 2 is 2.04 bits per heavy atom. The van der Waals surface area contributed by atoms with Gasteiger partial charge in [0.2, 0.25) is 5.76 Å². The number of anilines is 1. The number of amides is 1. The minimum Gasteiger partial charge on any atom is -0.449 e. The van der Waals surface area contributed by atoms with Crippen molar-refractivity contribution in [1.29, 1.82) is 0 Å². The second-order valence-electron chi connectivity index (χ2n) is 6.00. The zero-order valence-electron chi connectivity index (χ0n) is 14.8. The van der Waals surface area contributed by atoms with E-state index in [0.717, 1.165) is 5.69 Å². The van der Waals surface area contributed by atoms with Gasteiger partial charge in [-0.25, -0.2) is 4.79 Å². The van der Waals surface area contributed by atoms with Crippen molar-refractivity contribution < 1.29 is 18.7 Å². The summed E-state index contributed by atoms with van der Waals surface area (Å²) in [5.74, 6) is -1.16. The minimum atomic E-state index is -1.00. The molecule has 0 aliphatic rings. The van der Waals surface area contributed by atoms with Crippen LogP contribution in [-0.2, 0) is 16.6 Å². The van der Waals surface area contributed by atoms with Crippen molar-refractivity contribution in [3.8, 4) is 0 Å². The molecular formula is C18H18ClN3O4. The Hall–Kier alpha value is -2.80. The van der Waals surface area contributed by atoms with Gasteiger partial charge in [0.1, 0.15) is 5.58 Å². The van der Waals surface area contributed by atoms with E-state index in [4.69, 9.17) is 20.8 Å². The van der Waals surface area contributed by atoms with Crippen LogP contribution in [0.1, 0.15) is 28.9 Å². The summed E-state index contributed by atoms with van der Waals surface area (Å²) in [6, 6.07) is 6.54. The van der Waals surface area contributed by atoms with Gasteiger partial charge in [0.25, 0.3) is 5.91 Å². The molecular weight excluding hydrogens is 358 g/mol. The number of ether oxygens (including phenoxy) is 1. The summed E-state index contributed by atoms with van der Waals surface area (Å²) >= 11 is 5.92. The van der Waals surface area contributed by atoms with E-state index in [0.29, 0.717) is 27.4 Å². The highest BCUT2D eigenvalue weighted by molar-refractivity contribution is 6.31. The Labute approximate surface area is 154 Å². The van der Waals surface area contributed by atoms with Gasteiger partial charge in [0.15, 0.2) is 6.10 Å². The normalized spacial score (nSPS) is 12.2. The fourth-order valence-corrected chi connectivity index (χ4v) is 2.75. The molecule has 3 aromatic rings. The Morgan fingerprint density at radius 3 is 2.69 bits per heavy atom. The lowest BCUT2D eigenvalue weighted by molar-refractivity contribution is -0.123. The molecule has 0 radical (unpaired) electrons. The Kier molecular flexibility index (Phi) is 4.73. The van der Waals surface area contributed by atoms with Gasteiger partial charge in [-0.2, -0.15) is 5.10 Å². The number of rotatable bonds is 4. The van der Waals surface area contributed by atoms with E-state index in [9.17, 15) is 9.59 Å². The fraction of sp³-hybridized carbons (Fsp3) is 0.278. The van der Waals surface area contributed by atoms with E-state index in [1.807, 2.05) is 6.92 Å². The van der Waals surface area contributed by atoms with Gasteiger partial charge in [-0.05, 0) is 45.0 Å². The van der Waals surface area contributed by atoms with Gasteiger partial charge in [-0.1, -0.05) is 11.6 Å². The number of hydrogen-bond donors (Lipinski definition) is 1. The predicted octanol–water partition coefficient (Wildman–Crippen LogP) is 3.62. The monoisotopic (exact) mass is 375 g/mol. The highest BCUT2D eigenvalue weighted by Crippen LogP contribution is 2.24. The van der Waals surface area contributed by atoms with Gasteiger partial charge in [0.05, 0.1) is 17.1 Å². The van der Waals surface area contributed by atoms with Crippen LogP contribution < -0.4 is 5.32 Å². The quantitative estimate of drug-likeness (QED) is 0.704. The largest absolute Gasteiger partial charge is 0.449 e. The maximum Gasteiger partial charge on any atom is 0.375 e. The Morgan fingerprint density at radius 1 is 1.31 bits per heavy atom. The Bertz CT molecular complexity index is 1010. The molecule has 0 fully saturated rings. The van der Waals surface area contributed by atoms with Crippen LogP contribution in [0.25, 0.3) is 11.0 Å². The molecule has 8 heteroatoms. The summed E-state index contributed by atoms with van der Waals surface area (Å²) in [5.41, 5.74) is 2.62. The van der Waals surface area contributed by atoms with Crippen molar-refractivity contribution in [2.45, 2.75) is 26.9 Å². The number of aromatic nitrogens is 2. The van der Waals surface area contributed by atoms with Gasteiger partial charge < -0.3 is 14.5 Å². The van der Waals surface area contributed by atoms with E-state index in [2.05, 4.69) is 10.4 Å². The van der Waals surface area contributed by atoms with Crippen LogP contribution in [0.3, 0.4) is 0 Å². The van der Waals surface area contributed by atoms with E-state index < -0.39 is 18.0 Å². The third kappa shape index (κ3) is 3.43. The first kappa shape index (κ1) is 18.0. The van der Waals surface area contributed by atoms with Crippen LogP contribution in [0, 0.1) is 13.8 Å². The summed E-state index contributed by atoms with van der Waals surface area (Å²) < 4.78 is 12.3. The van der Waals surface area contributed by atoms with Crippen LogP contribution in [0.5, 0.6) is 0 Å². The summed E-state index contributed by atoms with van der Waals surface area (Å²) in [7, 11) is 1.79. The van der Waals surface area contributed by atoms with Crippen LogP contribution in [0.4, 0.5) is 5.69 Å². The average Bonchev–Trinajstić information content (AvgIpc) is 3.10. The number of hydrogen-bond acceptors (Lipinski definition) is 5. The molecule has 2 heterocycles. The van der Waals surface area contributed by atoms with Crippen LogP contribution >= 0.6 is 11.6 Å². The molecule has 0 saturated heterocycles. The third-order valence-corrected chi connectivity index (χ3v) is 4.32. The number of fused-ring (bicyclic) bond motifs is 1. The predicted molar refractivity (Wildman–Crippen MR) is 97.4 cm³/mol. The molecule has 0 unspecified atom stereocenters. The number of benzene rings is 1. The van der Waals surface area contributed by atoms with Crippen molar-refractivity contribution in [3.63, 3.8) is 0 Å². The lowest BCUT2D eigenvalue weighted by Gasteiger charge is -2.12. The molecule has 1 N–H and O–H groups in total. The van der Waals surface area contributed by atoms with Gasteiger partial charge in [-0.15, -0.1) is 0 Å². The first-order valence-corrected chi connectivity index (χ1v) is 8.35. The molecule has 0 spiro atoms. The average molecular weight is 376 g/mol. The van der Waals surface area contributed by atoms with Gasteiger partial charge >= 0.3 is 5.97 Å². The molecule has 136 valence electrons. The molecule has 26 heavy (non-hydrogen) atoms. The molecule has 0 bridgehead atoms. The topological polar surface area (TPSA) is 86.4 Å². The maximum atomic E-state index is 12.3. The van der Waals surface area contributed by atoms with Crippen LogP contribution in [0.2, 0.25) is 5.02 Å². The lowest BCUT2D eigenvalue weighted by atomic mass is 10.2. The molecule has 0 aliphatic heterocycles. The number of aryl methyl sites for hydroxylation is 2. The number of carbonyl (C=O) groups is 2. The first-order valence-electron chi connectivity index (χ1n) is 7.97. The number of furan rings is 1. The highest BCUT2D eigenvalue weighted by atomic mass is 35.5. The van der Waals surface area contributed by atoms with Crippen molar-refractivity contribution in [3.05, 3.63) is 46.4 Å². The molecule has 1 aromatic carbocycles. The number of carbonyl (C=O) groups excluding carboxylic acids is 2. The molecule has 2 aromatic heterocycles. The van der Waals surface area contributed by atoms with E-state index in [1.54, 1.807) is 36.9 Å². The maximum absolute atomic E-state index is 12.3. The van der Waals surface area contributed by atoms with Gasteiger partial charge in [0, 0.05) is 17.5 Å². The molecule has 7 nitrogen and oxygen atoms in total. The summed E-state index contributed by atoms with van der Waals surface area (Å²) in [4.78, 5) is 24.6. The molecule has 1 amide bonds. The van der Waals surface area contributed by atoms with Crippen molar-refractivity contribution in [1.82, 2.24) is 9.78 Å². The molecule has 0 saturated carbocycles. The van der Waals surface area contributed by atoms with Gasteiger partial charge in [-0.3, -0.25) is 9.48 Å². The molecule has 1 atom stereocenters. The van der Waals surface area contributed by atoms with Crippen molar-refractivity contribution >= 4 is 40.1 Å². The SMILES string of the molecule is Cc1nn(C)c(C)c1NC(=O)[C@@H](C)OC(=O)c1cc2cc(Cl)ccc2o1. The smallest absolute Gasteiger partial charge is 0.375 e. The number of esters is 1. The second-order valence-corrected chi connectivity index (χ2v) is 6.44. The van der Waals surface area contributed by atoms with Crippen molar-refractivity contribution in [2.24, 2.45) is 7.05 Å². The van der Waals surface area contributed by atoms with E-state index >= 15 is 0 Å². The minimum absolute atomic E-state index is 0.00987. The lowest BCUT2D eigenvalue weighted by Crippen LogP contribution is -2.30. The van der Waals surface area contributed by atoms with E-state index in [-0.39, 0.29) is 5.76 Å². The zero-order valence-corrected chi connectivity index (χ0v) is 15.5. The Balaban J connectivity index is 1.70. The number of halogens is 1. The van der Waals surface area contributed by atoms with Crippen LogP contribution in [-0.4, -0.2) is 27.8 Å². The third-order valence-electron chi connectivity index (χ3n) is 4.09. The summed E-state index contributed by atoms with van der Waals surface area (Å²) in [6.07, 6.45) is -1.00. The standard InChI is InChI=1S/C18H18ClN3O4/c1-9-16(10(2)22(4)21-9)20-17(23)11(3)25-18(24)15-8-12-7-13(19)5-6-14(12)26-15/h5-8,11H,1-4H3,(H,20,23)/t11-/m1/s1. The molecule has 3 rings (SSSR count). The first-order chi connectivity index (χ1) is 12.3. The second kappa shape index (κ2) is 6.84. The number of nitrogens with zero attached hydrogens (tertiary/aromatic N) is 2. The molecule has 0 aliphatic carbocycles. The summed E-state index contributed by atoms with van der Waals surface area (Å²) in [5, 5.41) is 8.19. The summed E-state index contributed by atoms with van der Waals surface area (Å²) in [6.45, 7) is 5.12. The number of nitrogens with one attached hydrogen (secondary N) is 1. The highest BCUT2D eigenvalue weighted by Gasteiger charge is 2.23.